The normalized spacial score (nSPS) is 11.8. The molecule has 1 aliphatic carbocycles. The molecule has 5 aromatic carbocycles. The fourth-order valence-corrected chi connectivity index (χ4v) is 5.83. The van der Waals surface area contributed by atoms with Gasteiger partial charge in [-0.15, -0.1) is 0 Å². The van der Waals surface area contributed by atoms with Crippen LogP contribution in [0.4, 0.5) is 0 Å². The highest BCUT2D eigenvalue weighted by Gasteiger charge is 2.22. The number of hydrogen-bond donors (Lipinski definition) is 0. The summed E-state index contributed by atoms with van der Waals surface area (Å²) >= 11 is 0. The summed E-state index contributed by atoms with van der Waals surface area (Å²) in [7, 11) is 0. The van der Waals surface area contributed by atoms with Gasteiger partial charge in [-0.1, -0.05) is 91.0 Å². The molecular weight excluding hydrogens is 450 g/mol. The maximum absolute atomic E-state index is 5.97. The van der Waals surface area contributed by atoms with Crippen molar-refractivity contribution in [2.75, 3.05) is 0 Å². The van der Waals surface area contributed by atoms with Gasteiger partial charge in [-0.25, -0.2) is 4.98 Å². The van der Waals surface area contributed by atoms with E-state index in [-0.39, 0.29) is 0 Å². The molecule has 2 nitrogen and oxygen atoms in total. The minimum atomic E-state index is 0.678. The average molecular weight is 472 g/mol. The molecule has 0 aliphatic heterocycles. The van der Waals surface area contributed by atoms with Crippen LogP contribution in [-0.4, -0.2) is 4.98 Å². The van der Waals surface area contributed by atoms with Crippen LogP contribution in [0.5, 0.6) is 0 Å². The molecule has 1 aliphatic rings. The number of pyridine rings is 1. The van der Waals surface area contributed by atoms with Gasteiger partial charge in [-0.2, -0.15) is 0 Å². The lowest BCUT2D eigenvalue weighted by atomic mass is 9.80. The van der Waals surface area contributed by atoms with E-state index >= 15 is 0 Å². The SMILES string of the molecule is c1ccc2c(c1)-c1ccccc1-c1ccc(-c3ccc4oc5ncccc5c4c3)cc1-c1ccccc1-2. The number of nitrogens with zero attached hydrogens (tertiary/aromatic N) is 1. The summed E-state index contributed by atoms with van der Waals surface area (Å²) in [6.45, 7) is 0. The molecule has 37 heavy (non-hydrogen) atoms. The Kier molecular flexibility index (Phi) is 4.26. The van der Waals surface area contributed by atoms with Crippen LogP contribution >= 0.6 is 0 Å². The van der Waals surface area contributed by atoms with Crippen molar-refractivity contribution in [2.24, 2.45) is 0 Å². The van der Waals surface area contributed by atoms with E-state index in [1.165, 1.54) is 50.1 Å². The Balaban J connectivity index is 1.41. The van der Waals surface area contributed by atoms with Crippen LogP contribution < -0.4 is 0 Å². The summed E-state index contributed by atoms with van der Waals surface area (Å²) in [5.74, 6) is 0. The molecule has 0 bridgehead atoms. The molecule has 2 heterocycles. The van der Waals surface area contributed by atoms with Crippen LogP contribution in [0.25, 0.3) is 77.7 Å². The number of fused-ring (bicyclic) bond motifs is 11. The highest BCUT2D eigenvalue weighted by atomic mass is 16.3. The molecule has 0 radical (unpaired) electrons. The number of aromatic nitrogens is 1. The number of benzene rings is 5. The third kappa shape index (κ3) is 3.03. The molecule has 8 rings (SSSR count). The van der Waals surface area contributed by atoms with Crippen molar-refractivity contribution < 1.29 is 4.42 Å². The van der Waals surface area contributed by atoms with Gasteiger partial charge in [0.2, 0.25) is 5.71 Å². The van der Waals surface area contributed by atoms with Gasteiger partial charge in [-0.05, 0) is 86.0 Å². The van der Waals surface area contributed by atoms with E-state index in [4.69, 9.17) is 4.42 Å². The second-order valence-corrected chi connectivity index (χ2v) is 9.57. The lowest BCUT2D eigenvalue weighted by molar-refractivity contribution is 0.654. The Morgan fingerprint density at radius 2 is 0.919 bits per heavy atom. The van der Waals surface area contributed by atoms with Crippen molar-refractivity contribution in [1.29, 1.82) is 0 Å². The van der Waals surface area contributed by atoms with Crippen molar-refractivity contribution in [2.45, 2.75) is 0 Å². The van der Waals surface area contributed by atoms with Crippen molar-refractivity contribution in [3.05, 3.63) is 128 Å². The minimum Gasteiger partial charge on any atom is -0.438 e. The van der Waals surface area contributed by atoms with Gasteiger partial charge in [-0.3, -0.25) is 0 Å². The topological polar surface area (TPSA) is 26.0 Å². The smallest absolute Gasteiger partial charge is 0.227 e. The highest BCUT2D eigenvalue weighted by Crippen LogP contribution is 2.48. The Morgan fingerprint density at radius 1 is 0.405 bits per heavy atom. The van der Waals surface area contributed by atoms with E-state index in [1.54, 1.807) is 6.20 Å². The predicted octanol–water partition coefficient (Wildman–Crippen LogP) is 9.63. The fourth-order valence-electron chi connectivity index (χ4n) is 5.83. The van der Waals surface area contributed by atoms with Gasteiger partial charge in [0.1, 0.15) is 5.58 Å². The largest absolute Gasteiger partial charge is 0.438 e. The summed E-state index contributed by atoms with van der Waals surface area (Å²) in [4.78, 5) is 4.40. The summed E-state index contributed by atoms with van der Waals surface area (Å²) < 4.78 is 5.97. The van der Waals surface area contributed by atoms with Crippen LogP contribution in [0, 0.1) is 0 Å². The first-order chi connectivity index (χ1) is 18.3. The van der Waals surface area contributed by atoms with Gasteiger partial charge in [0.25, 0.3) is 0 Å². The molecule has 0 saturated carbocycles. The zero-order valence-corrected chi connectivity index (χ0v) is 20.0. The van der Waals surface area contributed by atoms with Gasteiger partial charge in [0.05, 0.1) is 0 Å². The second-order valence-electron chi connectivity index (χ2n) is 9.57. The van der Waals surface area contributed by atoms with Crippen molar-refractivity contribution in [3.8, 4) is 55.6 Å². The monoisotopic (exact) mass is 471 g/mol. The molecule has 172 valence electrons. The molecule has 0 amide bonds. The Bertz CT molecular complexity index is 1990. The molecule has 0 spiro atoms. The standard InChI is InChI=1S/C35H21NO/c1-2-9-25-24(8-1)26-10-3-4-12-28(26)30-17-15-22(20-32(30)29-13-6-5-11-27(25)29)23-16-18-34-33(21-23)31-14-7-19-36-35(31)37-34/h1-21H. The Labute approximate surface area is 214 Å². The number of furan rings is 1. The van der Waals surface area contributed by atoms with E-state index in [9.17, 15) is 0 Å². The lowest BCUT2D eigenvalue weighted by Gasteiger charge is -2.23. The van der Waals surface area contributed by atoms with Crippen LogP contribution in [0.15, 0.2) is 132 Å². The lowest BCUT2D eigenvalue weighted by Crippen LogP contribution is -1.97. The summed E-state index contributed by atoms with van der Waals surface area (Å²) in [5.41, 5.74) is 13.9. The number of rotatable bonds is 1. The quantitative estimate of drug-likeness (QED) is 0.238. The number of hydrogen-bond acceptors (Lipinski definition) is 2. The third-order valence-electron chi connectivity index (χ3n) is 7.54. The summed E-state index contributed by atoms with van der Waals surface area (Å²) in [6, 6.07) is 43.6. The Hall–Kier alpha value is -4.95. The first-order valence-corrected chi connectivity index (χ1v) is 12.6. The van der Waals surface area contributed by atoms with E-state index in [0.29, 0.717) is 5.71 Å². The van der Waals surface area contributed by atoms with Crippen molar-refractivity contribution >= 4 is 22.1 Å². The van der Waals surface area contributed by atoms with Crippen LogP contribution in [0.3, 0.4) is 0 Å². The van der Waals surface area contributed by atoms with Crippen molar-refractivity contribution in [3.63, 3.8) is 0 Å². The molecule has 2 heteroatoms. The summed E-state index contributed by atoms with van der Waals surface area (Å²) in [5, 5.41) is 2.13. The van der Waals surface area contributed by atoms with Gasteiger partial charge >= 0.3 is 0 Å². The molecule has 7 aromatic rings. The fraction of sp³-hybridized carbons (Fsp3) is 0. The molecule has 0 unspecified atom stereocenters. The van der Waals surface area contributed by atoms with Crippen LogP contribution in [-0.2, 0) is 0 Å². The Morgan fingerprint density at radius 3 is 1.54 bits per heavy atom. The maximum atomic E-state index is 5.97. The second kappa shape index (κ2) is 7.78. The predicted molar refractivity (Wildman–Crippen MR) is 152 cm³/mol. The first-order valence-electron chi connectivity index (χ1n) is 12.6. The van der Waals surface area contributed by atoms with E-state index < -0.39 is 0 Å². The molecule has 2 aromatic heterocycles. The highest BCUT2D eigenvalue weighted by molar-refractivity contribution is 6.06. The van der Waals surface area contributed by atoms with Crippen LogP contribution in [0.2, 0.25) is 0 Å². The van der Waals surface area contributed by atoms with E-state index in [2.05, 4.69) is 120 Å². The van der Waals surface area contributed by atoms with Crippen LogP contribution in [0.1, 0.15) is 0 Å². The van der Waals surface area contributed by atoms with E-state index in [0.717, 1.165) is 21.9 Å². The molecule has 0 atom stereocenters. The van der Waals surface area contributed by atoms with Gasteiger partial charge in [0, 0.05) is 17.0 Å². The van der Waals surface area contributed by atoms with Gasteiger partial charge in [0.15, 0.2) is 0 Å². The van der Waals surface area contributed by atoms with Crippen molar-refractivity contribution in [1.82, 2.24) is 4.98 Å². The average Bonchev–Trinajstić information content (AvgIpc) is 3.34. The maximum Gasteiger partial charge on any atom is 0.227 e. The van der Waals surface area contributed by atoms with Gasteiger partial charge < -0.3 is 4.42 Å². The summed E-state index contributed by atoms with van der Waals surface area (Å²) in [6.07, 6.45) is 1.77. The molecular formula is C35H21NO. The molecule has 0 N–H and O–H groups in total. The molecule has 0 saturated heterocycles. The zero-order chi connectivity index (χ0) is 24.3. The third-order valence-corrected chi connectivity index (χ3v) is 7.54. The molecule has 0 fully saturated rings. The minimum absolute atomic E-state index is 0.678. The first kappa shape index (κ1) is 20.3. The van der Waals surface area contributed by atoms with E-state index in [1.807, 2.05) is 6.07 Å². The zero-order valence-electron chi connectivity index (χ0n) is 20.0.